The molecule has 168 valence electrons. The Hall–Kier alpha value is -4.73. The molecule has 33 heavy (non-hydrogen) atoms. The van der Waals surface area contributed by atoms with E-state index in [0.29, 0.717) is 22.7 Å². The first kappa shape index (κ1) is 22.9. The van der Waals surface area contributed by atoms with Crippen molar-refractivity contribution in [3.05, 3.63) is 84.4 Å². The Balaban J connectivity index is 1.88. The molecule has 0 saturated heterocycles. The van der Waals surface area contributed by atoms with Crippen molar-refractivity contribution < 1.29 is 29.3 Å². The fraction of sp³-hybridized carbons (Fsp3) is 0.0870. The summed E-state index contributed by atoms with van der Waals surface area (Å²) in [6.07, 6.45) is 0. The zero-order valence-electron chi connectivity index (χ0n) is 17.3. The van der Waals surface area contributed by atoms with Crippen molar-refractivity contribution in [3.8, 4) is 11.5 Å². The molecule has 0 unspecified atom stereocenters. The lowest BCUT2D eigenvalue weighted by atomic mass is 10.2. The molecule has 3 aromatic rings. The lowest BCUT2D eigenvalue weighted by molar-refractivity contribution is -0.140. The van der Waals surface area contributed by atoms with Crippen LogP contribution in [-0.2, 0) is 9.59 Å². The maximum Gasteiger partial charge on any atom is 0.341 e. The zero-order chi connectivity index (χ0) is 23.5. The van der Waals surface area contributed by atoms with Crippen LogP contribution in [0.2, 0.25) is 0 Å². The van der Waals surface area contributed by atoms with Gasteiger partial charge in [0.1, 0.15) is 17.2 Å². The minimum Gasteiger partial charge on any atom is -0.480 e. The molecule has 0 radical (unpaired) electrons. The largest absolute Gasteiger partial charge is 0.480 e. The van der Waals surface area contributed by atoms with Gasteiger partial charge in [0, 0.05) is 5.56 Å². The van der Waals surface area contributed by atoms with Crippen LogP contribution in [-0.4, -0.2) is 41.2 Å². The zero-order valence-corrected chi connectivity index (χ0v) is 17.3. The first-order valence-electron chi connectivity index (χ1n) is 9.71. The number of azo groups is 1. The molecule has 0 fully saturated rings. The van der Waals surface area contributed by atoms with Gasteiger partial charge in [-0.15, -0.1) is 10.2 Å². The maximum absolute atomic E-state index is 10.8. The molecular formula is C23H20N4O6. The number of hydrogen-bond acceptors (Lipinski definition) is 7. The molecule has 0 aliphatic rings. The van der Waals surface area contributed by atoms with E-state index >= 15 is 0 Å². The number of para-hydroxylation sites is 3. The monoisotopic (exact) mass is 448 g/mol. The topological polar surface area (TPSA) is 142 Å². The van der Waals surface area contributed by atoms with Crippen molar-refractivity contribution >= 4 is 29.1 Å². The van der Waals surface area contributed by atoms with Gasteiger partial charge in [0.25, 0.3) is 0 Å². The lowest BCUT2D eigenvalue weighted by Gasteiger charge is -2.10. The van der Waals surface area contributed by atoms with Crippen molar-refractivity contribution in [2.75, 3.05) is 18.6 Å². The minimum absolute atomic E-state index is 0.219. The second-order valence-electron chi connectivity index (χ2n) is 6.44. The van der Waals surface area contributed by atoms with Crippen molar-refractivity contribution in [2.45, 2.75) is 0 Å². The second kappa shape index (κ2) is 11.6. The van der Waals surface area contributed by atoms with E-state index in [9.17, 15) is 9.59 Å². The number of carboxylic acid groups (broad SMARTS) is 2. The predicted molar refractivity (Wildman–Crippen MR) is 120 cm³/mol. The average Bonchev–Trinajstić information content (AvgIpc) is 2.83. The van der Waals surface area contributed by atoms with E-state index in [1.807, 2.05) is 18.2 Å². The Labute approximate surface area is 188 Å². The van der Waals surface area contributed by atoms with Gasteiger partial charge in [0.15, 0.2) is 13.2 Å². The summed E-state index contributed by atoms with van der Waals surface area (Å²) in [7, 11) is 0. The number of hydrogen-bond donors (Lipinski definition) is 3. The van der Waals surface area contributed by atoms with Crippen LogP contribution in [0.5, 0.6) is 11.5 Å². The highest BCUT2D eigenvalue weighted by atomic mass is 16.5. The molecule has 3 N–H and O–H groups in total. The normalized spacial score (nSPS) is 11.2. The fourth-order valence-electron chi connectivity index (χ4n) is 2.57. The van der Waals surface area contributed by atoms with Crippen LogP contribution in [0.25, 0.3) is 0 Å². The van der Waals surface area contributed by atoms with Gasteiger partial charge in [-0.1, -0.05) is 54.6 Å². The van der Waals surface area contributed by atoms with E-state index in [1.165, 1.54) is 0 Å². The van der Waals surface area contributed by atoms with Crippen molar-refractivity contribution in [1.29, 1.82) is 0 Å². The summed E-state index contributed by atoms with van der Waals surface area (Å²) in [6, 6.07) is 22.4. The number of carbonyl (C=O) groups is 2. The van der Waals surface area contributed by atoms with Crippen LogP contribution in [0, 0.1) is 0 Å². The molecule has 3 rings (SSSR count). The highest BCUT2D eigenvalue weighted by Gasteiger charge is 2.09. The average molecular weight is 448 g/mol. The van der Waals surface area contributed by atoms with Gasteiger partial charge in [-0.25, -0.2) is 9.59 Å². The highest BCUT2D eigenvalue weighted by molar-refractivity contribution is 5.99. The van der Waals surface area contributed by atoms with Gasteiger partial charge in [-0.3, -0.25) is 5.43 Å². The van der Waals surface area contributed by atoms with Gasteiger partial charge in [-0.2, -0.15) is 5.10 Å². The number of anilines is 1. The van der Waals surface area contributed by atoms with Gasteiger partial charge in [0.05, 0.1) is 5.69 Å². The van der Waals surface area contributed by atoms with Crippen molar-refractivity contribution in [3.63, 3.8) is 0 Å². The van der Waals surface area contributed by atoms with Gasteiger partial charge in [0.2, 0.25) is 5.84 Å². The molecule has 10 heteroatoms. The van der Waals surface area contributed by atoms with Crippen LogP contribution in [0.3, 0.4) is 0 Å². The number of nitrogens with one attached hydrogen (secondary N) is 1. The van der Waals surface area contributed by atoms with E-state index in [-0.39, 0.29) is 11.6 Å². The number of amidine groups is 1. The van der Waals surface area contributed by atoms with Gasteiger partial charge < -0.3 is 19.7 Å². The number of hydrazone groups is 1. The van der Waals surface area contributed by atoms with E-state index in [1.54, 1.807) is 60.7 Å². The Morgan fingerprint density at radius 3 is 2.03 bits per heavy atom. The summed E-state index contributed by atoms with van der Waals surface area (Å²) in [5.41, 5.74) is 4.25. The summed E-state index contributed by atoms with van der Waals surface area (Å²) in [6.45, 7) is -1.01. The third-order valence-corrected chi connectivity index (χ3v) is 4.02. The molecule has 0 aromatic heterocycles. The van der Waals surface area contributed by atoms with E-state index < -0.39 is 25.2 Å². The molecule has 0 saturated carbocycles. The second-order valence-corrected chi connectivity index (χ2v) is 6.44. The molecule has 0 heterocycles. The first-order chi connectivity index (χ1) is 16.0. The third kappa shape index (κ3) is 7.17. The quantitative estimate of drug-likeness (QED) is 0.183. The summed E-state index contributed by atoms with van der Waals surface area (Å²) >= 11 is 0. The molecule has 0 aliphatic heterocycles. The Morgan fingerprint density at radius 1 is 0.758 bits per heavy atom. The number of ether oxygens (including phenoxy) is 2. The van der Waals surface area contributed by atoms with Crippen LogP contribution >= 0.6 is 0 Å². The van der Waals surface area contributed by atoms with Crippen LogP contribution in [0.1, 0.15) is 5.56 Å². The highest BCUT2D eigenvalue weighted by Crippen LogP contribution is 2.28. The molecule has 0 bridgehead atoms. The van der Waals surface area contributed by atoms with Crippen molar-refractivity contribution in [1.82, 2.24) is 0 Å². The van der Waals surface area contributed by atoms with Gasteiger partial charge >= 0.3 is 11.9 Å². The van der Waals surface area contributed by atoms with E-state index in [2.05, 4.69) is 20.8 Å². The van der Waals surface area contributed by atoms with E-state index in [0.717, 1.165) is 0 Å². The molecule has 0 aliphatic carbocycles. The molecule has 3 aromatic carbocycles. The fourth-order valence-corrected chi connectivity index (χ4v) is 2.57. The van der Waals surface area contributed by atoms with Crippen LogP contribution in [0.4, 0.5) is 11.4 Å². The molecule has 0 amide bonds. The van der Waals surface area contributed by atoms with E-state index in [4.69, 9.17) is 19.7 Å². The molecule has 0 spiro atoms. The molecular weight excluding hydrogens is 428 g/mol. The minimum atomic E-state index is -1.11. The number of carboxylic acids is 2. The summed E-state index contributed by atoms with van der Waals surface area (Å²) in [5, 5.41) is 30.4. The summed E-state index contributed by atoms with van der Waals surface area (Å²) in [4.78, 5) is 21.6. The standard InChI is InChI=1S/C23H20N4O6/c28-21(29)14-32-19-12-6-4-10-17(19)24-26-23(16-8-2-1-3-9-16)27-25-18-11-5-7-13-20(18)33-15-22(30)31/h1-13,24H,14-15H2,(H,28,29)(H,30,31). The first-order valence-corrected chi connectivity index (χ1v) is 9.71. The summed E-state index contributed by atoms with van der Waals surface area (Å²) in [5.74, 6) is -1.43. The van der Waals surface area contributed by atoms with Crippen LogP contribution < -0.4 is 14.9 Å². The molecule has 0 atom stereocenters. The number of nitrogens with zero attached hydrogens (tertiary/aromatic N) is 3. The molecule has 10 nitrogen and oxygen atoms in total. The number of benzene rings is 3. The smallest absolute Gasteiger partial charge is 0.341 e. The Kier molecular flexibility index (Phi) is 8.07. The number of rotatable bonds is 10. The SMILES string of the molecule is O=C(O)COc1ccccc1N=NC(=NNc1ccccc1OCC(=O)O)c1ccccc1. The predicted octanol–water partition coefficient (Wildman–Crippen LogP) is 4.17. The summed E-state index contributed by atoms with van der Waals surface area (Å²) < 4.78 is 10.5. The van der Waals surface area contributed by atoms with Crippen molar-refractivity contribution in [2.24, 2.45) is 15.3 Å². The Morgan fingerprint density at radius 2 is 1.33 bits per heavy atom. The third-order valence-electron chi connectivity index (χ3n) is 4.02. The Bertz CT molecular complexity index is 1160. The number of aliphatic carboxylic acids is 2. The maximum atomic E-state index is 10.8. The lowest BCUT2D eigenvalue weighted by Crippen LogP contribution is -2.10. The van der Waals surface area contributed by atoms with Crippen LogP contribution in [0.15, 0.2) is 94.2 Å². The van der Waals surface area contributed by atoms with Gasteiger partial charge in [-0.05, 0) is 24.3 Å².